The standard InChI is InChI=1S/C40H70O4/c1-3-4-5-6-7-8-9-10-11-12-13-14-15-19-22-25-28-31-34-37-40(43)44-38(2)35-32-29-26-23-20-17-16-18-21-24-27-30-33-36-39(41)42/h7-8,10-11,13-14,19,22,38H,3-6,9,12,15-18,20-21,23-37H2,1-2H3,(H,41,42)/b8-7-,11-10-,14-13-,22-19-. The number of esters is 1. The van der Waals surface area contributed by atoms with Crippen molar-refractivity contribution in [1.29, 1.82) is 0 Å². The van der Waals surface area contributed by atoms with Crippen LogP contribution in [-0.4, -0.2) is 23.1 Å². The summed E-state index contributed by atoms with van der Waals surface area (Å²) in [5, 5.41) is 8.64. The number of aliphatic carboxylic acids is 1. The molecular formula is C40H70O4. The van der Waals surface area contributed by atoms with Crippen molar-refractivity contribution in [2.75, 3.05) is 0 Å². The van der Waals surface area contributed by atoms with Crippen LogP contribution in [0.3, 0.4) is 0 Å². The van der Waals surface area contributed by atoms with E-state index in [0.29, 0.717) is 12.8 Å². The molecule has 0 radical (unpaired) electrons. The molecule has 0 rings (SSSR count). The zero-order valence-corrected chi connectivity index (χ0v) is 29.0. The molecular weight excluding hydrogens is 544 g/mol. The highest BCUT2D eigenvalue weighted by atomic mass is 16.5. The van der Waals surface area contributed by atoms with Crippen molar-refractivity contribution in [3.8, 4) is 0 Å². The summed E-state index contributed by atoms with van der Waals surface area (Å²) in [5.74, 6) is -0.704. The van der Waals surface area contributed by atoms with E-state index < -0.39 is 5.97 Å². The van der Waals surface area contributed by atoms with E-state index >= 15 is 0 Å². The number of hydrogen-bond acceptors (Lipinski definition) is 3. The average molecular weight is 615 g/mol. The summed E-state index contributed by atoms with van der Waals surface area (Å²) in [6, 6.07) is 0. The van der Waals surface area contributed by atoms with Crippen molar-refractivity contribution < 1.29 is 19.4 Å². The van der Waals surface area contributed by atoms with Gasteiger partial charge in [0.2, 0.25) is 0 Å². The summed E-state index contributed by atoms with van der Waals surface area (Å²) < 4.78 is 5.62. The Bertz CT molecular complexity index is 748. The highest BCUT2D eigenvalue weighted by Crippen LogP contribution is 2.15. The maximum absolute atomic E-state index is 12.1. The summed E-state index contributed by atoms with van der Waals surface area (Å²) in [7, 11) is 0. The second-order valence-electron chi connectivity index (χ2n) is 12.5. The lowest BCUT2D eigenvalue weighted by atomic mass is 10.0. The minimum atomic E-state index is -0.672. The topological polar surface area (TPSA) is 63.6 Å². The molecule has 0 saturated carbocycles. The Hall–Kier alpha value is -2.10. The molecule has 0 spiro atoms. The predicted octanol–water partition coefficient (Wildman–Crippen LogP) is 12.8. The van der Waals surface area contributed by atoms with E-state index in [1.165, 1.54) is 89.9 Å². The molecule has 44 heavy (non-hydrogen) atoms. The molecule has 0 amide bonds. The van der Waals surface area contributed by atoms with E-state index in [4.69, 9.17) is 9.84 Å². The van der Waals surface area contributed by atoms with Gasteiger partial charge in [-0.25, -0.2) is 0 Å². The van der Waals surface area contributed by atoms with E-state index in [1.54, 1.807) is 0 Å². The lowest BCUT2D eigenvalue weighted by Gasteiger charge is -2.13. The van der Waals surface area contributed by atoms with Gasteiger partial charge in [-0.1, -0.05) is 145 Å². The van der Waals surface area contributed by atoms with Crippen LogP contribution in [0.25, 0.3) is 0 Å². The molecule has 254 valence electrons. The minimum absolute atomic E-state index is 0.0320. The van der Waals surface area contributed by atoms with Crippen LogP contribution in [0.5, 0.6) is 0 Å². The third-order valence-electron chi connectivity index (χ3n) is 8.04. The number of hydrogen-bond donors (Lipinski definition) is 1. The summed E-state index contributed by atoms with van der Waals surface area (Å²) >= 11 is 0. The van der Waals surface area contributed by atoms with E-state index in [2.05, 4.69) is 55.5 Å². The van der Waals surface area contributed by atoms with Crippen LogP contribution in [0.1, 0.15) is 187 Å². The average Bonchev–Trinajstić information content (AvgIpc) is 3.00. The first-order chi connectivity index (χ1) is 21.6. The quantitative estimate of drug-likeness (QED) is 0.0454. The summed E-state index contributed by atoms with van der Waals surface area (Å²) in [6.07, 6.45) is 48.2. The van der Waals surface area contributed by atoms with Crippen LogP contribution in [0.4, 0.5) is 0 Å². The van der Waals surface area contributed by atoms with E-state index in [-0.39, 0.29) is 12.1 Å². The molecule has 0 bridgehead atoms. The highest BCUT2D eigenvalue weighted by Gasteiger charge is 2.09. The second kappa shape index (κ2) is 35.4. The molecule has 0 aromatic heterocycles. The fourth-order valence-corrected chi connectivity index (χ4v) is 5.26. The van der Waals surface area contributed by atoms with Crippen molar-refractivity contribution in [1.82, 2.24) is 0 Å². The molecule has 0 aliphatic carbocycles. The summed E-state index contributed by atoms with van der Waals surface area (Å²) in [5.41, 5.74) is 0. The van der Waals surface area contributed by atoms with Gasteiger partial charge in [0.05, 0.1) is 6.10 Å². The lowest BCUT2D eigenvalue weighted by molar-refractivity contribution is -0.148. The van der Waals surface area contributed by atoms with Crippen LogP contribution in [0.2, 0.25) is 0 Å². The molecule has 1 atom stereocenters. The van der Waals surface area contributed by atoms with E-state index in [0.717, 1.165) is 70.6 Å². The van der Waals surface area contributed by atoms with Crippen molar-refractivity contribution in [3.63, 3.8) is 0 Å². The van der Waals surface area contributed by atoms with Gasteiger partial charge in [-0.3, -0.25) is 9.59 Å². The molecule has 0 aromatic rings. The SMILES string of the molecule is CCCCC/C=C\C/C=C\C/C=C\C/C=C\CCCCCC(=O)OC(C)CCCCCCCCCCCCCCCC(=O)O. The number of allylic oxidation sites excluding steroid dienone is 8. The van der Waals surface area contributed by atoms with E-state index in [9.17, 15) is 9.59 Å². The predicted molar refractivity (Wildman–Crippen MR) is 190 cm³/mol. The zero-order chi connectivity index (χ0) is 32.2. The number of rotatable bonds is 33. The van der Waals surface area contributed by atoms with Gasteiger partial charge in [-0.15, -0.1) is 0 Å². The number of unbranched alkanes of at least 4 members (excludes halogenated alkanes) is 18. The van der Waals surface area contributed by atoms with Gasteiger partial charge in [-0.05, 0) is 77.6 Å². The molecule has 0 aliphatic heterocycles. The Morgan fingerprint density at radius 3 is 1.39 bits per heavy atom. The molecule has 0 saturated heterocycles. The monoisotopic (exact) mass is 615 g/mol. The number of ether oxygens (including phenoxy) is 1. The number of carboxylic acid groups (broad SMARTS) is 1. The van der Waals surface area contributed by atoms with Crippen LogP contribution in [0, 0.1) is 0 Å². The van der Waals surface area contributed by atoms with E-state index in [1.807, 2.05) is 6.92 Å². The number of carbonyl (C=O) groups excluding carboxylic acids is 1. The molecule has 1 N–H and O–H groups in total. The smallest absolute Gasteiger partial charge is 0.306 e. The molecule has 0 fully saturated rings. The van der Waals surface area contributed by atoms with Crippen LogP contribution >= 0.6 is 0 Å². The Labute approximate surface area is 272 Å². The first-order valence-electron chi connectivity index (χ1n) is 18.6. The van der Waals surface area contributed by atoms with Crippen molar-refractivity contribution >= 4 is 11.9 Å². The fourth-order valence-electron chi connectivity index (χ4n) is 5.26. The van der Waals surface area contributed by atoms with Gasteiger partial charge in [0.15, 0.2) is 0 Å². The van der Waals surface area contributed by atoms with Crippen molar-refractivity contribution in [2.24, 2.45) is 0 Å². The third kappa shape index (κ3) is 36.1. The Balaban J connectivity index is 3.44. The summed E-state index contributed by atoms with van der Waals surface area (Å²) in [6.45, 7) is 4.28. The van der Waals surface area contributed by atoms with Gasteiger partial charge < -0.3 is 9.84 Å². The third-order valence-corrected chi connectivity index (χ3v) is 8.04. The van der Waals surface area contributed by atoms with Crippen molar-refractivity contribution in [3.05, 3.63) is 48.6 Å². The molecule has 4 nitrogen and oxygen atoms in total. The van der Waals surface area contributed by atoms with Crippen LogP contribution < -0.4 is 0 Å². The molecule has 0 heterocycles. The Morgan fingerprint density at radius 1 is 0.523 bits per heavy atom. The number of carbonyl (C=O) groups is 2. The lowest BCUT2D eigenvalue weighted by Crippen LogP contribution is -2.14. The maximum Gasteiger partial charge on any atom is 0.306 e. The maximum atomic E-state index is 12.1. The Kier molecular flexibility index (Phi) is 33.7. The van der Waals surface area contributed by atoms with Crippen molar-refractivity contribution in [2.45, 2.75) is 193 Å². The first kappa shape index (κ1) is 41.9. The fraction of sp³-hybridized carbons (Fsp3) is 0.750. The first-order valence-corrected chi connectivity index (χ1v) is 18.6. The Morgan fingerprint density at radius 2 is 0.909 bits per heavy atom. The zero-order valence-electron chi connectivity index (χ0n) is 29.0. The molecule has 1 unspecified atom stereocenters. The van der Waals surface area contributed by atoms with Gasteiger partial charge >= 0.3 is 11.9 Å². The molecule has 0 aliphatic rings. The largest absolute Gasteiger partial charge is 0.481 e. The van der Waals surface area contributed by atoms with Crippen LogP contribution in [0.15, 0.2) is 48.6 Å². The number of carboxylic acids is 1. The molecule has 4 heteroatoms. The minimum Gasteiger partial charge on any atom is -0.481 e. The van der Waals surface area contributed by atoms with Gasteiger partial charge in [0.25, 0.3) is 0 Å². The van der Waals surface area contributed by atoms with Crippen LogP contribution in [-0.2, 0) is 14.3 Å². The molecule has 0 aromatic carbocycles. The highest BCUT2D eigenvalue weighted by molar-refractivity contribution is 5.69. The summed E-state index contributed by atoms with van der Waals surface area (Å²) in [4.78, 5) is 22.6. The van der Waals surface area contributed by atoms with Gasteiger partial charge in [-0.2, -0.15) is 0 Å². The van der Waals surface area contributed by atoms with Gasteiger partial charge in [0.1, 0.15) is 0 Å². The second-order valence-corrected chi connectivity index (χ2v) is 12.5. The normalized spacial score (nSPS) is 12.8. The van der Waals surface area contributed by atoms with Gasteiger partial charge in [0, 0.05) is 12.8 Å².